The maximum atomic E-state index is 13.0. The lowest BCUT2D eigenvalue weighted by molar-refractivity contribution is -0.123. The molecule has 1 aliphatic heterocycles. The molecule has 138 valence electrons. The molecule has 26 heavy (non-hydrogen) atoms. The van der Waals surface area contributed by atoms with E-state index in [9.17, 15) is 4.79 Å². The maximum absolute atomic E-state index is 13.0. The number of amides is 1. The summed E-state index contributed by atoms with van der Waals surface area (Å²) in [4.78, 5) is 17.3. The van der Waals surface area contributed by atoms with E-state index >= 15 is 0 Å². The second-order valence-corrected chi connectivity index (χ2v) is 7.66. The number of hydrogen-bond donors (Lipinski definition) is 1. The van der Waals surface area contributed by atoms with Crippen LogP contribution in [0, 0.1) is 5.92 Å². The van der Waals surface area contributed by atoms with Crippen molar-refractivity contribution in [3.63, 3.8) is 0 Å². The molecule has 2 aromatic rings. The minimum Gasteiger partial charge on any atom is -0.486 e. The first-order valence-corrected chi connectivity index (χ1v) is 10.3. The maximum Gasteiger partial charge on any atom is 0.227 e. The van der Waals surface area contributed by atoms with Gasteiger partial charge in [-0.2, -0.15) is 0 Å². The van der Waals surface area contributed by atoms with Gasteiger partial charge in [0.1, 0.15) is 13.2 Å². The minimum atomic E-state index is -0.122. The molecule has 1 aliphatic carbocycles. The zero-order valence-corrected chi connectivity index (χ0v) is 15.6. The molecule has 6 heteroatoms. The monoisotopic (exact) mass is 372 g/mol. The van der Waals surface area contributed by atoms with E-state index in [-0.39, 0.29) is 11.8 Å². The van der Waals surface area contributed by atoms with Crippen LogP contribution in [0.5, 0.6) is 11.5 Å². The van der Waals surface area contributed by atoms with Crippen molar-refractivity contribution in [1.29, 1.82) is 0 Å². The predicted molar refractivity (Wildman–Crippen MR) is 101 cm³/mol. The minimum absolute atomic E-state index is 0.115. The average molecular weight is 372 g/mol. The number of aromatic nitrogens is 1. The summed E-state index contributed by atoms with van der Waals surface area (Å²) in [5, 5.41) is 5.16. The van der Waals surface area contributed by atoms with Gasteiger partial charge in [-0.15, -0.1) is 11.3 Å². The van der Waals surface area contributed by atoms with Gasteiger partial charge in [0.05, 0.1) is 17.1 Å². The lowest BCUT2D eigenvalue weighted by atomic mass is 9.84. The molecule has 1 aromatic heterocycles. The standard InChI is InChI=1S/C20H24N2O3S/c23-20(21-8-7-16-12-26-13-22-16)19(14-3-1-2-4-14)15-5-6-17-18(11-15)25-10-9-24-17/h5-6,11-14,19H,1-4,7-10H2,(H,21,23). The van der Waals surface area contributed by atoms with Crippen LogP contribution in [0.25, 0.3) is 0 Å². The Labute approximate surface area is 157 Å². The van der Waals surface area contributed by atoms with Crippen molar-refractivity contribution >= 4 is 17.2 Å². The molecule has 1 aromatic carbocycles. The molecule has 5 nitrogen and oxygen atoms in total. The number of benzene rings is 1. The van der Waals surface area contributed by atoms with E-state index in [0.29, 0.717) is 25.7 Å². The quantitative estimate of drug-likeness (QED) is 0.842. The number of hydrogen-bond acceptors (Lipinski definition) is 5. The van der Waals surface area contributed by atoms with Crippen LogP contribution in [0.2, 0.25) is 0 Å². The van der Waals surface area contributed by atoms with Crippen LogP contribution < -0.4 is 14.8 Å². The third-order valence-corrected chi connectivity index (χ3v) is 5.88. The van der Waals surface area contributed by atoms with Crippen molar-refractivity contribution in [2.24, 2.45) is 5.92 Å². The summed E-state index contributed by atoms with van der Waals surface area (Å²) in [7, 11) is 0. The smallest absolute Gasteiger partial charge is 0.227 e. The van der Waals surface area contributed by atoms with Gasteiger partial charge in [0.25, 0.3) is 0 Å². The van der Waals surface area contributed by atoms with E-state index in [1.165, 1.54) is 12.8 Å². The van der Waals surface area contributed by atoms with E-state index in [1.807, 2.05) is 29.1 Å². The van der Waals surface area contributed by atoms with Gasteiger partial charge < -0.3 is 14.8 Å². The van der Waals surface area contributed by atoms with Gasteiger partial charge in [-0.05, 0) is 36.5 Å². The Balaban J connectivity index is 1.49. The molecule has 1 N–H and O–H groups in total. The van der Waals surface area contributed by atoms with Crippen LogP contribution in [-0.4, -0.2) is 30.6 Å². The van der Waals surface area contributed by atoms with Gasteiger partial charge in [-0.1, -0.05) is 18.9 Å². The first-order valence-electron chi connectivity index (χ1n) is 9.35. The Hall–Kier alpha value is -2.08. The van der Waals surface area contributed by atoms with Gasteiger partial charge in [0, 0.05) is 18.3 Å². The van der Waals surface area contributed by atoms with Crippen LogP contribution in [0.1, 0.15) is 42.9 Å². The van der Waals surface area contributed by atoms with E-state index < -0.39 is 0 Å². The molecule has 0 saturated heterocycles. The topological polar surface area (TPSA) is 60.5 Å². The van der Waals surface area contributed by atoms with Gasteiger partial charge in [0.2, 0.25) is 5.91 Å². The highest BCUT2D eigenvalue weighted by atomic mass is 32.1. The molecule has 1 fully saturated rings. The van der Waals surface area contributed by atoms with Crippen molar-refractivity contribution in [3.8, 4) is 11.5 Å². The molecule has 0 bridgehead atoms. The Kier molecular flexibility index (Phi) is 5.39. The van der Waals surface area contributed by atoms with Gasteiger partial charge in [-0.25, -0.2) is 4.98 Å². The van der Waals surface area contributed by atoms with Crippen LogP contribution in [0.15, 0.2) is 29.1 Å². The van der Waals surface area contributed by atoms with E-state index in [4.69, 9.17) is 9.47 Å². The number of carbonyl (C=O) groups is 1. The lowest BCUT2D eigenvalue weighted by Gasteiger charge is -2.25. The van der Waals surface area contributed by atoms with E-state index in [0.717, 1.165) is 42.0 Å². The van der Waals surface area contributed by atoms with Crippen LogP contribution >= 0.6 is 11.3 Å². The van der Waals surface area contributed by atoms with E-state index in [1.54, 1.807) is 11.3 Å². The fourth-order valence-electron chi connectivity index (χ4n) is 3.97. The Morgan fingerprint density at radius 1 is 1.23 bits per heavy atom. The summed E-state index contributed by atoms with van der Waals surface area (Å²) in [6.07, 6.45) is 5.40. The van der Waals surface area contributed by atoms with Gasteiger partial charge >= 0.3 is 0 Å². The summed E-state index contributed by atoms with van der Waals surface area (Å²) in [5.41, 5.74) is 3.90. The van der Waals surface area contributed by atoms with Crippen molar-refractivity contribution in [2.45, 2.75) is 38.0 Å². The summed E-state index contributed by atoms with van der Waals surface area (Å²) in [6, 6.07) is 5.96. The largest absolute Gasteiger partial charge is 0.486 e. The third kappa shape index (κ3) is 3.85. The van der Waals surface area contributed by atoms with Gasteiger partial charge in [-0.3, -0.25) is 4.79 Å². The summed E-state index contributed by atoms with van der Waals surface area (Å²) in [5.74, 6) is 1.92. The molecule has 1 saturated carbocycles. The zero-order chi connectivity index (χ0) is 17.8. The number of nitrogens with zero attached hydrogens (tertiary/aromatic N) is 1. The SMILES string of the molecule is O=C(NCCc1cscn1)C(c1ccc2c(c1)OCCO2)C1CCCC1. The van der Waals surface area contributed by atoms with Crippen LogP contribution in [0.4, 0.5) is 0 Å². The summed E-state index contributed by atoms with van der Waals surface area (Å²) >= 11 is 1.59. The summed E-state index contributed by atoms with van der Waals surface area (Å²) < 4.78 is 11.3. The van der Waals surface area contributed by atoms with E-state index in [2.05, 4.69) is 10.3 Å². The predicted octanol–water partition coefficient (Wildman–Crippen LogP) is 3.55. The molecule has 1 amide bonds. The van der Waals surface area contributed by atoms with Crippen LogP contribution in [0.3, 0.4) is 0 Å². The molecular formula is C20H24N2O3S. The lowest BCUT2D eigenvalue weighted by Crippen LogP contribution is -2.34. The first kappa shape index (κ1) is 17.3. The highest BCUT2D eigenvalue weighted by Gasteiger charge is 2.32. The molecule has 1 atom stereocenters. The van der Waals surface area contributed by atoms with Crippen molar-refractivity contribution in [3.05, 3.63) is 40.3 Å². The molecule has 2 heterocycles. The highest BCUT2D eigenvalue weighted by Crippen LogP contribution is 2.40. The normalized spacial score (nSPS) is 17.8. The number of carbonyl (C=O) groups excluding carboxylic acids is 1. The fourth-order valence-corrected chi connectivity index (χ4v) is 4.56. The average Bonchev–Trinajstić information content (AvgIpc) is 3.36. The Bertz CT molecular complexity index is 742. The molecule has 0 spiro atoms. The first-order chi connectivity index (χ1) is 12.8. The van der Waals surface area contributed by atoms with Crippen molar-refractivity contribution in [2.75, 3.05) is 19.8 Å². The van der Waals surface area contributed by atoms with Crippen molar-refractivity contribution < 1.29 is 14.3 Å². The third-order valence-electron chi connectivity index (χ3n) is 5.24. The molecule has 2 aliphatic rings. The second-order valence-electron chi connectivity index (χ2n) is 6.95. The zero-order valence-electron chi connectivity index (χ0n) is 14.8. The Morgan fingerprint density at radius 3 is 2.81 bits per heavy atom. The number of thiazole rings is 1. The molecule has 4 rings (SSSR count). The highest BCUT2D eigenvalue weighted by molar-refractivity contribution is 7.07. The van der Waals surface area contributed by atoms with Crippen molar-refractivity contribution in [1.82, 2.24) is 10.3 Å². The number of rotatable bonds is 6. The second kappa shape index (κ2) is 8.08. The fraction of sp³-hybridized carbons (Fsp3) is 0.500. The number of ether oxygens (including phenoxy) is 2. The number of nitrogens with one attached hydrogen (secondary N) is 1. The Morgan fingerprint density at radius 2 is 2.04 bits per heavy atom. The van der Waals surface area contributed by atoms with Crippen LogP contribution in [-0.2, 0) is 11.2 Å². The van der Waals surface area contributed by atoms with Gasteiger partial charge in [0.15, 0.2) is 11.5 Å². The molecule has 1 unspecified atom stereocenters. The number of fused-ring (bicyclic) bond motifs is 1. The summed E-state index contributed by atoms with van der Waals surface area (Å²) in [6.45, 7) is 1.76. The molecule has 0 radical (unpaired) electrons. The molecular weight excluding hydrogens is 348 g/mol.